The van der Waals surface area contributed by atoms with Gasteiger partial charge < -0.3 is 5.73 Å². The highest BCUT2D eigenvalue weighted by Crippen LogP contribution is 2.40. The molecule has 0 spiro atoms. The highest BCUT2D eigenvalue weighted by atomic mass is 32.2. The molecule has 1 aliphatic carbocycles. The molecule has 110 valence electrons. The summed E-state index contributed by atoms with van der Waals surface area (Å²) in [6, 6.07) is 4.92. The standard InChI is InChI=1S/C14H20N2O2S2/c1-9-8-10(13(15)19)4-7-12(9)20(17,18)16-14(2,3)11-5-6-11/h4,7-8,11,16H,5-6H2,1-3H3,(H2,15,19). The Morgan fingerprint density at radius 1 is 1.40 bits per heavy atom. The summed E-state index contributed by atoms with van der Waals surface area (Å²) < 4.78 is 27.8. The fourth-order valence-corrected chi connectivity index (χ4v) is 4.22. The summed E-state index contributed by atoms with van der Waals surface area (Å²) in [5.74, 6) is 0.425. The van der Waals surface area contributed by atoms with Crippen LogP contribution in [0.5, 0.6) is 0 Å². The van der Waals surface area contributed by atoms with E-state index < -0.39 is 15.6 Å². The van der Waals surface area contributed by atoms with Crippen molar-refractivity contribution in [1.29, 1.82) is 0 Å². The average molecular weight is 312 g/mol. The molecular weight excluding hydrogens is 292 g/mol. The molecule has 0 saturated heterocycles. The van der Waals surface area contributed by atoms with Crippen molar-refractivity contribution in [2.45, 2.75) is 44.0 Å². The fourth-order valence-electron chi connectivity index (χ4n) is 2.39. The van der Waals surface area contributed by atoms with E-state index in [1.54, 1.807) is 25.1 Å². The second-order valence-corrected chi connectivity index (χ2v) is 8.04. The van der Waals surface area contributed by atoms with Crippen molar-refractivity contribution in [3.8, 4) is 0 Å². The van der Waals surface area contributed by atoms with Crippen LogP contribution in [0.1, 0.15) is 37.8 Å². The third-order valence-corrected chi connectivity index (χ3v) is 5.81. The maximum absolute atomic E-state index is 12.5. The normalized spacial score (nSPS) is 16.1. The largest absolute Gasteiger partial charge is 0.389 e. The van der Waals surface area contributed by atoms with Gasteiger partial charge in [-0.2, -0.15) is 0 Å². The predicted octanol–water partition coefficient (Wildman–Crippen LogP) is 2.10. The summed E-state index contributed by atoms with van der Waals surface area (Å²) in [5.41, 5.74) is 6.47. The number of hydrogen-bond acceptors (Lipinski definition) is 3. The average Bonchev–Trinajstić information content (AvgIpc) is 3.10. The zero-order chi connectivity index (χ0) is 15.1. The molecule has 0 radical (unpaired) electrons. The van der Waals surface area contributed by atoms with Crippen LogP contribution in [0.4, 0.5) is 0 Å². The molecule has 1 aromatic carbocycles. The summed E-state index contributed by atoms with van der Waals surface area (Å²) in [6.07, 6.45) is 2.16. The van der Waals surface area contributed by atoms with Crippen LogP contribution in [0.3, 0.4) is 0 Å². The zero-order valence-corrected chi connectivity index (χ0v) is 13.6. The molecule has 0 atom stereocenters. The highest BCUT2D eigenvalue weighted by Gasteiger charge is 2.40. The highest BCUT2D eigenvalue weighted by molar-refractivity contribution is 7.89. The Bertz CT molecular complexity index is 647. The SMILES string of the molecule is Cc1cc(C(N)=S)ccc1S(=O)(=O)NC(C)(C)C1CC1. The number of nitrogens with one attached hydrogen (secondary N) is 1. The lowest BCUT2D eigenvalue weighted by atomic mass is 10.0. The van der Waals surface area contributed by atoms with Gasteiger partial charge in [-0.25, -0.2) is 13.1 Å². The van der Waals surface area contributed by atoms with Gasteiger partial charge in [0.25, 0.3) is 0 Å². The van der Waals surface area contributed by atoms with Crippen LogP contribution in [-0.2, 0) is 10.0 Å². The number of sulfonamides is 1. The molecular formula is C14H20N2O2S2. The van der Waals surface area contributed by atoms with Crippen LogP contribution in [0.2, 0.25) is 0 Å². The van der Waals surface area contributed by atoms with Crippen molar-refractivity contribution in [3.63, 3.8) is 0 Å². The van der Waals surface area contributed by atoms with Gasteiger partial charge in [0.15, 0.2) is 0 Å². The number of hydrogen-bond donors (Lipinski definition) is 2. The summed E-state index contributed by atoms with van der Waals surface area (Å²) in [6.45, 7) is 5.61. The van der Waals surface area contributed by atoms with E-state index >= 15 is 0 Å². The maximum Gasteiger partial charge on any atom is 0.241 e. The minimum Gasteiger partial charge on any atom is -0.389 e. The summed E-state index contributed by atoms with van der Waals surface area (Å²) in [4.78, 5) is 0.551. The van der Waals surface area contributed by atoms with Gasteiger partial charge in [-0.05, 0) is 57.2 Å². The number of benzene rings is 1. The predicted molar refractivity (Wildman–Crippen MR) is 84.2 cm³/mol. The molecule has 0 amide bonds. The first kappa shape index (κ1) is 15.4. The Balaban J connectivity index is 2.32. The van der Waals surface area contributed by atoms with Gasteiger partial charge in [-0.1, -0.05) is 18.3 Å². The summed E-state index contributed by atoms with van der Waals surface area (Å²) in [5, 5.41) is 0. The van der Waals surface area contributed by atoms with Crippen molar-refractivity contribution in [2.24, 2.45) is 11.7 Å². The molecule has 0 aromatic heterocycles. The van der Waals surface area contributed by atoms with Crippen LogP contribution >= 0.6 is 12.2 Å². The number of nitrogens with two attached hydrogens (primary N) is 1. The van der Waals surface area contributed by atoms with E-state index in [4.69, 9.17) is 18.0 Å². The minimum absolute atomic E-state index is 0.267. The fraction of sp³-hybridized carbons (Fsp3) is 0.500. The van der Waals surface area contributed by atoms with E-state index in [0.29, 0.717) is 17.0 Å². The number of rotatable bonds is 5. The van der Waals surface area contributed by atoms with Crippen molar-refractivity contribution in [3.05, 3.63) is 29.3 Å². The Morgan fingerprint density at radius 3 is 2.45 bits per heavy atom. The quantitative estimate of drug-likeness (QED) is 0.817. The van der Waals surface area contributed by atoms with Gasteiger partial charge in [0.05, 0.1) is 4.90 Å². The molecule has 0 aliphatic heterocycles. The van der Waals surface area contributed by atoms with Crippen molar-refractivity contribution < 1.29 is 8.42 Å². The molecule has 3 N–H and O–H groups in total. The molecule has 20 heavy (non-hydrogen) atoms. The van der Waals surface area contributed by atoms with Gasteiger partial charge in [0, 0.05) is 11.1 Å². The van der Waals surface area contributed by atoms with Crippen LogP contribution in [0, 0.1) is 12.8 Å². The molecule has 0 unspecified atom stereocenters. The van der Waals surface area contributed by atoms with Gasteiger partial charge in [-0.3, -0.25) is 0 Å². The number of aryl methyl sites for hydroxylation is 1. The van der Waals surface area contributed by atoms with Gasteiger partial charge in [0.2, 0.25) is 10.0 Å². The second-order valence-electron chi connectivity index (χ2n) is 5.95. The summed E-state index contributed by atoms with van der Waals surface area (Å²) >= 11 is 4.90. The van der Waals surface area contributed by atoms with E-state index in [9.17, 15) is 8.42 Å². The lowest BCUT2D eigenvalue weighted by Crippen LogP contribution is -2.45. The van der Waals surface area contributed by atoms with E-state index in [0.717, 1.165) is 12.8 Å². The molecule has 0 bridgehead atoms. The first-order valence-corrected chi connectivity index (χ1v) is 8.47. The third-order valence-electron chi connectivity index (χ3n) is 3.74. The molecule has 1 saturated carbocycles. The zero-order valence-electron chi connectivity index (χ0n) is 11.9. The van der Waals surface area contributed by atoms with E-state index in [2.05, 4.69) is 4.72 Å². The maximum atomic E-state index is 12.5. The Morgan fingerprint density at radius 2 is 2.00 bits per heavy atom. The molecule has 1 aliphatic rings. The topological polar surface area (TPSA) is 72.2 Å². The van der Waals surface area contributed by atoms with Gasteiger partial charge in [0.1, 0.15) is 4.99 Å². The van der Waals surface area contributed by atoms with E-state index in [-0.39, 0.29) is 9.88 Å². The summed E-state index contributed by atoms with van der Waals surface area (Å²) in [7, 11) is -3.53. The molecule has 1 aromatic rings. The van der Waals surface area contributed by atoms with Crippen LogP contribution in [0.15, 0.2) is 23.1 Å². The first-order chi connectivity index (χ1) is 9.13. The Kier molecular flexibility index (Phi) is 3.92. The molecule has 4 nitrogen and oxygen atoms in total. The van der Waals surface area contributed by atoms with Gasteiger partial charge >= 0.3 is 0 Å². The van der Waals surface area contributed by atoms with Crippen LogP contribution < -0.4 is 10.5 Å². The molecule has 0 heterocycles. The third kappa shape index (κ3) is 3.19. The Labute approximate surface area is 125 Å². The molecule has 2 rings (SSSR count). The monoisotopic (exact) mass is 312 g/mol. The van der Waals surface area contributed by atoms with Crippen LogP contribution in [0.25, 0.3) is 0 Å². The molecule has 6 heteroatoms. The number of thiocarbonyl (C=S) groups is 1. The van der Waals surface area contributed by atoms with E-state index in [1.165, 1.54) is 0 Å². The van der Waals surface area contributed by atoms with Crippen molar-refractivity contribution in [1.82, 2.24) is 4.72 Å². The smallest absolute Gasteiger partial charge is 0.241 e. The van der Waals surface area contributed by atoms with Crippen molar-refractivity contribution >= 4 is 27.2 Å². The molecule has 1 fully saturated rings. The minimum atomic E-state index is -3.53. The van der Waals surface area contributed by atoms with Crippen LogP contribution in [-0.4, -0.2) is 18.9 Å². The first-order valence-electron chi connectivity index (χ1n) is 6.58. The lowest BCUT2D eigenvalue weighted by Gasteiger charge is -2.26. The van der Waals surface area contributed by atoms with E-state index in [1.807, 2.05) is 13.8 Å². The second kappa shape index (κ2) is 5.09. The Hall–Kier alpha value is -0.980. The van der Waals surface area contributed by atoms with Gasteiger partial charge in [-0.15, -0.1) is 0 Å². The lowest BCUT2D eigenvalue weighted by molar-refractivity contribution is 0.400. The van der Waals surface area contributed by atoms with Crippen molar-refractivity contribution in [2.75, 3.05) is 0 Å².